The SMILES string of the molecule is O=C(Nc1ccc(Cl)cc1)c1nccnc1C(=O)NC1CCNC1. The molecule has 1 saturated heterocycles. The fraction of sp³-hybridized carbons (Fsp3) is 0.250. The van der Waals surface area contributed by atoms with Gasteiger partial charge in [0.15, 0.2) is 11.4 Å². The lowest BCUT2D eigenvalue weighted by Crippen LogP contribution is -2.38. The quantitative estimate of drug-likeness (QED) is 0.780. The minimum atomic E-state index is -0.500. The monoisotopic (exact) mass is 345 g/mol. The third-order valence-electron chi connectivity index (χ3n) is 3.63. The van der Waals surface area contributed by atoms with E-state index in [0.29, 0.717) is 17.3 Å². The van der Waals surface area contributed by atoms with E-state index in [-0.39, 0.29) is 17.4 Å². The van der Waals surface area contributed by atoms with Gasteiger partial charge in [-0.25, -0.2) is 9.97 Å². The fourth-order valence-electron chi connectivity index (χ4n) is 2.43. The van der Waals surface area contributed by atoms with Crippen molar-refractivity contribution in [3.8, 4) is 0 Å². The summed E-state index contributed by atoms with van der Waals surface area (Å²) in [6.07, 6.45) is 3.61. The second kappa shape index (κ2) is 7.37. The summed E-state index contributed by atoms with van der Waals surface area (Å²) in [6, 6.07) is 6.69. The van der Waals surface area contributed by atoms with Crippen LogP contribution in [0.4, 0.5) is 5.69 Å². The van der Waals surface area contributed by atoms with Crippen molar-refractivity contribution >= 4 is 29.1 Å². The minimum absolute atomic E-state index is 0.0101. The number of carbonyl (C=O) groups excluding carboxylic acids is 2. The Morgan fingerprint density at radius 2 is 1.75 bits per heavy atom. The van der Waals surface area contributed by atoms with Gasteiger partial charge >= 0.3 is 0 Å². The Hall–Kier alpha value is -2.51. The number of hydrogen-bond acceptors (Lipinski definition) is 5. The molecule has 3 rings (SSSR count). The predicted octanol–water partition coefficient (Wildman–Crippen LogP) is 1.47. The molecule has 1 atom stereocenters. The molecule has 24 heavy (non-hydrogen) atoms. The number of aromatic nitrogens is 2. The molecule has 1 unspecified atom stereocenters. The third-order valence-corrected chi connectivity index (χ3v) is 3.88. The Kier molecular flexibility index (Phi) is 5.02. The normalized spacial score (nSPS) is 16.6. The average molecular weight is 346 g/mol. The van der Waals surface area contributed by atoms with Crippen molar-refractivity contribution in [1.82, 2.24) is 20.6 Å². The summed E-state index contributed by atoms with van der Waals surface area (Å²) in [4.78, 5) is 32.8. The molecule has 0 saturated carbocycles. The molecule has 1 fully saturated rings. The van der Waals surface area contributed by atoms with Gasteiger partial charge in [-0.3, -0.25) is 9.59 Å². The van der Waals surface area contributed by atoms with Gasteiger partial charge in [-0.15, -0.1) is 0 Å². The van der Waals surface area contributed by atoms with Gasteiger partial charge in [-0.1, -0.05) is 11.6 Å². The molecule has 2 amide bonds. The van der Waals surface area contributed by atoms with Crippen molar-refractivity contribution in [1.29, 1.82) is 0 Å². The summed E-state index contributed by atoms with van der Waals surface area (Å²) in [6.45, 7) is 1.56. The maximum Gasteiger partial charge on any atom is 0.276 e. The van der Waals surface area contributed by atoms with Crippen molar-refractivity contribution in [2.75, 3.05) is 18.4 Å². The van der Waals surface area contributed by atoms with Crippen LogP contribution in [0.3, 0.4) is 0 Å². The maximum atomic E-state index is 12.4. The van der Waals surface area contributed by atoms with E-state index in [9.17, 15) is 9.59 Å². The molecule has 1 aromatic carbocycles. The number of nitrogens with one attached hydrogen (secondary N) is 3. The molecule has 0 aliphatic carbocycles. The average Bonchev–Trinajstić information content (AvgIpc) is 3.10. The van der Waals surface area contributed by atoms with Gasteiger partial charge < -0.3 is 16.0 Å². The van der Waals surface area contributed by atoms with Gasteiger partial charge in [0.05, 0.1) is 0 Å². The molecule has 0 spiro atoms. The molecule has 7 nitrogen and oxygen atoms in total. The predicted molar refractivity (Wildman–Crippen MR) is 90.2 cm³/mol. The highest BCUT2D eigenvalue weighted by Crippen LogP contribution is 2.15. The largest absolute Gasteiger partial charge is 0.347 e. The van der Waals surface area contributed by atoms with E-state index in [2.05, 4.69) is 25.9 Å². The number of benzene rings is 1. The van der Waals surface area contributed by atoms with Crippen LogP contribution in [-0.4, -0.2) is 40.9 Å². The highest BCUT2D eigenvalue weighted by atomic mass is 35.5. The Bertz CT molecular complexity index is 744. The van der Waals surface area contributed by atoms with Gasteiger partial charge in [-0.2, -0.15) is 0 Å². The van der Waals surface area contributed by atoms with Crippen LogP contribution in [0.25, 0.3) is 0 Å². The molecule has 1 aliphatic heterocycles. The Morgan fingerprint density at radius 1 is 1.08 bits per heavy atom. The van der Waals surface area contributed by atoms with E-state index in [1.54, 1.807) is 24.3 Å². The number of nitrogens with zero attached hydrogens (tertiary/aromatic N) is 2. The van der Waals surface area contributed by atoms with E-state index >= 15 is 0 Å². The van der Waals surface area contributed by atoms with Crippen LogP contribution < -0.4 is 16.0 Å². The standard InChI is InChI=1S/C16H16ClN5O2/c17-10-1-3-11(4-2-10)21-15(23)13-14(20-8-7-19-13)16(24)22-12-5-6-18-9-12/h1-4,7-8,12,18H,5-6,9H2,(H,21,23)(H,22,24). The van der Waals surface area contributed by atoms with Crippen molar-refractivity contribution < 1.29 is 9.59 Å². The van der Waals surface area contributed by atoms with Crippen molar-refractivity contribution in [2.24, 2.45) is 0 Å². The van der Waals surface area contributed by atoms with E-state index in [0.717, 1.165) is 13.0 Å². The summed E-state index contributed by atoms with van der Waals surface area (Å²) in [5.74, 6) is -0.904. The number of amides is 2. The van der Waals surface area contributed by atoms with Gasteiger partial charge in [0.25, 0.3) is 11.8 Å². The molecule has 1 aliphatic rings. The van der Waals surface area contributed by atoms with E-state index in [1.165, 1.54) is 12.4 Å². The molecule has 124 valence electrons. The van der Waals surface area contributed by atoms with Crippen LogP contribution in [-0.2, 0) is 0 Å². The van der Waals surface area contributed by atoms with E-state index in [4.69, 9.17) is 11.6 Å². The zero-order valence-corrected chi connectivity index (χ0v) is 13.5. The van der Waals surface area contributed by atoms with Gasteiger partial charge in [0.2, 0.25) is 0 Å². The summed E-state index contributed by atoms with van der Waals surface area (Å²) in [5, 5.41) is 9.27. The van der Waals surface area contributed by atoms with Crippen molar-refractivity contribution in [2.45, 2.75) is 12.5 Å². The minimum Gasteiger partial charge on any atom is -0.347 e. The van der Waals surface area contributed by atoms with Crippen molar-refractivity contribution in [3.05, 3.63) is 53.1 Å². The second-order valence-electron chi connectivity index (χ2n) is 5.38. The van der Waals surface area contributed by atoms with Gasteiger partial charge in [0, 0.05) is 35.7 Å². The Balaban J connectivity index is 1.76. The first-order valence-electron chi connectivity index (χ1n) is 7.53. The molecule has 2 aromatic rings. The summed E-state index contributed by atoms with van der Waals surface area (Å²) >= 11 is 5.82. The zero-order valence-electron chi connectivity index (χ0n) is 12.8. The molecule has 1 aromatic heterocycles. The summed E-state index contributed by atoms with van der Waals surface area (Å²) in [7, 11) is 0. The molecule has 0 bridgehead atoms. The fourth-order valence-corrected chi connectivity index (χ4v) is 2.55. The van der Waals surface area contributed by atoms with Crippen LogP contribution >= 0.6 is 11.6 Å². The van der Waals surface area contributed by atoms with E-state index in [1.807, 2.05) is 0 Å². The summed E-state index contributed by atoms with van der Waals surface area (Å²) < 4.78 is 0. The van der Waals surface area contributed by atoms with Gasteiger partial charge in [-0.05, 0) is 37.2 Å². The number of rotatable bonds is 4. The van der Waals surface area contributed by atoms with Crippen LogP contribution in [0.5, 0.6) is 0 Å². The molecule has 3 N–H and O–H groups in total. The number of carbonyl (C=O) groups is 2. The Morgan fingerprint density at radius 3 is 2.38 bits per heavy atom. The molecule has 0 radical (unpaired) electrons. The lowest BCUT2D eigenvalue weighted by molar-refractivity contribution is 0.0921. The lowest BCUT2D eigenvalue weighted by Gasteiger charge is -2.12. The van der Waals surface area contributed by atoms with Crippen molar-refractivity contribution in [3.63, 3.8) is 0 Å². The number of halogens is 1. The Labute approximate surface area is 143 Å². The maximum absolute atomic E-state index is 12.4. The highest BCUT2D eigenvalue weighted by molar-refractivity contribution is 6.30. The first-order chi connectivity index (χ1) is 11.6. The molecule has 2 heterocycles. The van der Waals surface area contributed by atoms with Crippen LogP contribution in [0.2, 0.25) is 5.02 Å². The second-order valence-corrected chi connectivity index (χ2v) is 5.81. The first kappa shape index (κ1) is 16.4. The molecular formula is C16H16ClN5O2. The summed E-state index contributed by atoms with van der Waals surface area (Å²) in [5.41, 5.74) is 0.549. The van der Waals surface area contributed by atoms with Crippen LogP contribution in [0, 0.1) is 0 Å². The first-order valence-corrected chi connectivity index (χ1v) is 7.91. The third kappa shape index (κ3) is 3.87. The van der Waals surface area contributed by atoms with E-state index < -0.39 is 11.8 Å². The zero-order chi connectivity index (χ0) is 16.9. The lowest BCUT2D eigenvalue weighted by atomic mass is 10.2. The van der Waals surface area contributed by atoms with Crippen LogP contribution in [0.15, 0.2) is 36.7 Å². The molecular weight excluding hydrogens is 330 g/mol. The topological polar surface area (TPSA) is 96.0 Å². The highest BCUT2D eigenvalue weighted by Gasteiger charge is 2.23. The van der Waals surface area contributed by atoms with Crippen LogP contribution in [0.1, 0.15) is 27.4 Å². The smallest absolute Gasteiger partial charge is 0.276 e. The molecule has 8 heteroatoms. The number of anilines is 1. The number of hydrogen-bond donors (Lipinski definition) is 3. The van der Waals surface area contributed by atoms with Gasteiger partial charge in [0.1, 0.15) is 0 Å².